The van der Waals surface area contributed by atoms with Crippen LogP contribution in [0.3, 0.4) is 0 Å². The van der Waals surface area contributed by atoms with E-state index in [2.05, 4.69) is 15.5 Å². The molecule has 2 aromatic carbocycles. The SMILES string of the molecule is CCOc1ccc(/C=N/NC(=O)CSc2nc3ccccc3o2)cc1OC. The Morgan fingerprint density at radius 3 is 2.93 bits per heavy atom. The Bertz CT molecular complexity index is 922. The molecule has 0 aliphatic rings. The highest BCUT2D eigenvalue weighted by Crippen LogP contribution is 2.27. The molecule has 1 aromatic heterocycles. The van der Waals surface area contributed by atoms with Gasteiger partial charge in [-0.25, -0.2) is 10.4 Å². The van der Waals surface area contributed by atoms with E-state index in [-0.39, 0.29) is 11.7 Å². The maximum absolute atomic E-state index is 11.9. The number of nitrogens with one attached hydrogen (secondary N) is 1. The van der Waals surface area contributed by atoms with Crippen LogP contribution in [0.15, 0.2) is 57.2 Å². The quantitative estimate of drug-likeness (QED) is 0.363. The first-order chi connectivity index (χ1) is 13.2. The summed E-state index contributed by atoms with van der Waals surface area (Å²) in [5.41, 5.74) is 4.72. The van der Waals surface area contributed by atoms with Crippen LogP contribution in [0.4, 0.5) is 0 Å². The van der Waals surface area contributed by atoms with E-state index in [0.717, 1.165) is 11.1 Å². The van der Waals surface area contributed by atoms with Crippen molar-refractivity contribution in [2.45, 2.75) is 12.1 Å². The Morgan fingerprint density at radius 1 is 1.30 bits per heavy atom. The number of para-hydroxylation sites is 2. The molecule has 27 heavy (non-hydrogen) atoms. The van der Waals surface area contributed by atoms with Gasteiger partial charge in [0.25, 0.3) is 11.1 Å². The van der Waals surface area contributed by atoms with E-state index >= 15 is 0 Å². The highest BCUT2D eigenvalue weighted by molar-refractivity contribution is 7.99. The zero-order valence-electron chi connectivity index (χ0n) is 15.0. The molecule has 0 spiro atoms. The largest absolute Gasteiger partial charge is 0.493 e. The molecule has 0 fully saturated rings. The maximum Gasteiger partial charge on any atom is 0.257 e. The van der Waals surface area contributed by atoms with Gasteiger partial charge in [0.15, 0.2) is 17.1 Å². The standard InChI is InChI=1S/C19H19N3O4S/c1-3-25-16-9-8-13(10-17(16)24-2)11-20-22-18(23)12-27-19-21-14-6-4-5-7-15(14)26-19/h4-11H,3,12H2,1-2H3,(H,22,23)/b20-11+. The van der Waals surface area contributed by atoms with Gasteiger partial charge in [0, 0.05) is 0 Å². The van der Waals surface area contributed by atoms with Crippen molar-refractivity contribution in [2.75, 3.05) is 19.5 Å². The average Bonchev–Trinajstić information content (AvgIpc) is 3.10. The van der Waals surface area contributed by atoms with E-state index in [9.17, 15) is 4.79 Å². The molecule has 1 N–H and O–H groups in total. The minimum Gasteiger partial charge on any atom is -0.493 e. The minimum absolute atomic E-state index is 0.150. The van der Waals surface area contributed by atoms with Crippen LogP contribution < -0.4 is 14.9 Å². The third-order valence-corrected chi connectivity index (χ3v) is 4.32. The second kappa shape index (κ2) is 9.09. The molecule has 0 unspecified atom stereocenters. The van der Waals surface area contributed by atoms with Crippen LogP contribution in [0.5, 0.6) is 11.5 Å². The lowest BCUT2D eigenvalue weighted by molar-refractivity contribution is -0.118. The van der Waals surface area contributed by atoms with Crippen molar-refractivity contribution >= 4 is 35.0 Å². The number of carbonyl (C=O) groups is 1. The van der Waals surface area contributed by atoms with Crippen molar-refractivity contribution in [2.24, 2.45) is 5.10 Å². The highest BCUT2D eigenvalue weighted by Gasteiger charge is 2.08. The summed E-state index contributed by atoms with van der Waals surface area (Å²) in [4.78, 5) is 16.2. The third-order valence-electron chi connectivity index (χ3n) is 3.49. The highest BCUT2D eigenvalue weighted by atomic mass is 32.2. The van der Waals surface area contributed by atoms with Crippen LogP contribution in [-0.4, -0.2) is 36.6 Å². The second-order valence-corrected chi connectivity index (χ2v) is 6.30. The lowest BCUT2D eigenvalue weighted by atomic mass is 10.2. The number of amides is 1. The molecule has 0 bridgehead atoms. The number of aromatic nitrogens is 1. The smallest absolute Gasteiger partial charge is 0.257 e. The van der Waals surface area contributed by atoms with Gasteiger partial charge >= 0.3 is 0 Å². The normalized spacial score (nSPS) is 11.0. The van der Waals surface area contributed by atoms with Gasteiger partial charge in [0.05, 0.1) is 25.7 Å². The van der Waals surface area contributed by atoms with Gasteiger partial charge in [-0.3, -0.25) is 4.79 Å². The number of fused-ring (bicyclic) bond motifs is 1. The first-order valence-corrected chi connectivity index (χ1v) is 9.29. The van der Waals surface area contributed by atoms with Crippen LogP contribution in [0.1, 0.15) is 12.5 Å². The van der Waals surface area contributed by atoms with Crippen LogP contribution in [0.2, 0.25) is 0 Å². The predicted molar refractivity (Wildman–Crippen MR) is 105 cm³/mol. The summed E-state index contributed by atoms with van der Waals surface area (Å²) in [7, 11) is 1.57. The van der Waals surface area contributed by atoms with Crippen LogP contribution in [0, 0.1) is 0 Å². The molecule has 0 aliphatic heterocycles. The van der Waals surface area contributed by atoms with Gasteiger partial charge in [-0.05, 0) is 42.8 Å². The van der Waals surface area contributed by atoms with Crippen molar-refractivity contribution in [3.05, 3.63) is 48.0 Å². The molecule has 3 aromatic rings. The molecule has 0 radical (unpaired) electrons. The Labute approximate surface area is 160 Å². The fourth-order valence-electron chi connectivity index (χ4n) is 2.29. The molecule has 140 valence electrons. The molecule has 1 heterocycles. The Morgan fingerprint density at radius 2 is 2.15 bits per heavy atom. The Kier molecular flexibility index (Phi) is 6.32. The number of hydrogen-bond acceptors (Lipinski definition) is 7. The number of hydrogen-bond donors (Lipinski definition) is 1. The first kappa shape index (κ1) is 18.8. The number of oxazole rings is 1. The van der Waals surface area contributed by atoms with E-state index in [1.807, 2.05) is 37.3 Å². The fraction of sp³-hybridized carbons (Fsp3) is 0.211. The van der Waals surface area contributed by atoms with Crippen molar-refractivity contribution in [3.8, 4) is 11.5 Å². The van der Waals surface area contributed by atoms with E-state index in [1.165, 1.54) is 11.8 Å². The van der Waals surface area contributed by atoms with E-state index < -0.39 is 0 Å². The zero-order valence-corrected chi connectivity index (χ0v) is 15.8. The molecule has 8 heteroatoms. The van der Waals surface area contributed by atoms with E-state index in [1.54, 1.807) is 25.5 Å². The summed E-state index contributed by atoms with van der Waals surface area (Å²) in [6.07, 6.45) is 1.54. The fourth-order valence-corrected chi connectivity index (χ4v) is 2.92. The Balaban J connectivity index is 1.52. The summed E-state index contributed by atoms with van der Waals surface area (Å²) >= 11 is 1.21. The van der Waals surface area contributed by atoms with Crippen molar-refractivity contribution < 1.29 is 18.7 Å². The topological polar surface area (TPSA) is 86.0 Å². The van der Waals surface area contributed by atoms with Gasteiger partial charge in [0.2, 0.25) is 0 Å². The van der Waals surface area contributed by atoms with E-state index in [0.29, 0.717) is 28.9 Å². The monoisotopic (exact) mass is 385 g/mol. The van der Waals surface area contributed by atoms with Gasteiger partial charge in [-0.1, -0.05) is 23.9 Å². The van der Waals surface area contributed by atoms with Gasteiger partial charge in [-0.2, -0.15) is 5.10 Å². The maximum atomic E-state index is 11.9. The number of ether oxygens (including phenoxy) is 2. The van der Waals surface area contributed by atoms with Crippen molar-refractivity contribution in [3.63, 3.8) is 0 Å². The number of thioether (sulfide) groups is 1. The second-order valence-electron chi connectivity index (χ2n) is 5.37. The van der Waals surface area contributed by atoms with Crippen LogP contribution in [0.25, 0.3) is 11.1 Å². The summed E-state index contributed by atoms with van der Waals surface area (Å²) in [6, 6.07) is 12.9. The minimum atomic E-state index is -0.253. The number of carbonyl (C=O) groups excluding carboxylic acids is 1. The number of nitrogens with zero attached hydrogens (tertiary/aromatic N) is 2. The molecule has 3 rings (SSSR count). The molecule has 0 aliphatic carbocycles. The van der Waals surface area contributed by atoms with E-state index in [4.69, 9.17) is 13.9 Å². The van der Waals surface area contributed by atoms with Crippen LogP contribution in [-0.2, 0) is 4.79 Å². The molecular formula is C19H19N3O4S. The molecular weight excluding hydrogens is 366 g/mol. The van der Waals surface area contributed by atoms with Gasteiger partial charge < -0.3 is 13.9 Å². The number of benzene rings is 2. The van der Waals surface area contributed by atoms with Crippen molar-refractivity contribution in [1.29, 1.82) is 0 Å². The summed E-state index contributed by atoms with van der Waals surface area (Å²) in [5.74, 6) is 1.17. The molecule has 0 atom stereocenters. The van der Waals surface area contributed by atoms with Crippen molar-refractivity contribution in [1.82, 2.24) is 10.4 Å². The predicted octanol–water partition coefficient (Wildman–Crippen LogP) is 3.48. The summed E-state index contributed by atoms with van der Waals surface area (Å²) in [6.45, 7) is 2.46. The van der Waals surface area contributed by atoms with Crippen LogP contribution >= 0.6 is 11.8 Å². The average molecular weight is 385 g/mol. The lowest BCUT2D eigenvalue weighted by Gasteiger charge is -2.09. The first-order valence-electron chi connectivity index (χ1n) is 8.30. The number of rotatable bonds is 8. The van der Waals surface area contributed by atoms with Gasteiger partial charge in [-0.15, -0.1) is 0 Å². The summed E-state index contributed by atoms with van der Waals surface area (Å²) in [5, 5.41) is 4.41. The summed E-state index contributed by atoms with van der Waals surface area (Å²) < 4.78 is 16.3. The molecule has 7 nitrogen and oxygen atoms in total. The molecule has 1 amide bonds. The molecule has 0 saturated heterocycles. The number of hydrazone groups is 1. The number of methoxy groups -OCH3 is 1. The lowest BCUT2D eigenvalue weighted by Crippen LogP contribution is -2.19. The van der Waals surface area contributed by atoms with Gasteiger partial charge in [0.1, 0.15) is 5.52 Å². The molecule has 0 saturated carbocycles. The zero-order chi connectivity index (χ0) is 19.1. The Hall–Kier alpha value is -3.00. The third kappa shape index (κ3) is 5.01.